The molecule has 0 aromatic heterocycles. The van der Waals surface area contributed by atoms with Crippen LogP contribution in [0.2, 0.25) is 0 Å². The van der Waals surface area contributed by atoms with Crippen LogP contribution in [0.25, 0.3) is 0 Å². The molecule has 1 amide bonds. The van der Waals surface area contributed by atoms with Crippen LogP contribution in [0, 0.1) is 29.1 Å². The third-order valence-corrected chi connectivity index (χ3v) is 7.65. The van der Waals surface area contributed by atoms with E-state index in [9.17, 15) is 39.3 Å². The number of aromatic hydroxyl groups is 1. The Morgan fingerprint density at radius 3 is 2.36 bits per heavy atom. The molecule has 10 heteroatoms. The molecule has 0 spiro atoms. The topological polar surface area (TPSA) is 161 Å². The van der Waals surface area contributed by atoms with Crippen LogP contribution in [0.15, 0.2) is 18.2 Å². The van der Waals surface area contributed by atoms with Crippen LogP contribution < -0.4 is 5.32 Å². The molecule has 0 bridgehead atoms. The van der Waals surface area contributed by atoms with Crippen molar-refractivity contribution in [1.82, 2.24) is 10.2 Å². The van der Waals surface area contributed by atoms with Crippen molar-refractivity contribution in [3.8, 4) is 5.75 Å². The van der Waals surface area contributed by atoms with Gasteiger partial charge in [-0.15, -0.1) is 0 Å². The smallest absolute Gasteiger partial charge is 0.238 e. The second-order valence-corrected chi connectivity index (χ2v) is 11.6. The minimum atomic E-state index is -2.94. The van der Waals surface area contributed by atoms with Crippen molar-refractivity contribution in [1.29, 1.82) is 0 Å². The summed E-state index contributed by atoms with van der Waals surface area (Å²) in [6.45, 7) is 5.65. The van der Waals surface area contributed by atoms with Crippen LogP contribution >= 0.6 is 0 Å². The fourth-order valence-electron chi connectivity index (χ4n) is 5.99. The van der Waals surface area contributed by atoms with Gasteiger partial charge in [0.25, 0.3) is 0 Å². The lowest BCUT2D eigenvalue weighted by atomic mass is 9.51. The SMILES string of the molecule is CN(C)[C@@H]1C(=O)C(C(=O)NCC(C)(C)C)C(=O)[C@@]2(O)C(=O)C3C(=O)c4c(O)cccc4C[C@H]3[C@H](O)[C@@H]12. The molecular weight excluding hydrogens is 468 g/mol. The van der Waals surface area contributed by atoms with Gasteiger partial charge in [-0.25, -0.2) is 0 Å². The first-order valence-electron chi connectivity index (χ1n) is 11.9. The summed E-state index contributed by atoms with van der Waals surface area (Å²) >= 11 is 0. The highest BCUT2D eigenvalue weighted by Crippen LogP contribution is 2.50. The maximum atomic E-state index is 13.8. The lowest BCUT2D eigenvalue weighted by Gasteiger charge is -2.54. The van der Waals surface area contributed by atoms with E-state index >= 15 is 0 Å². The standard InChI is InChI=1S/C26H32N2O8/c1-25(2,3)10-27-24(35)16-21(32)18(28(4)5)17-19(30)12-9-11-7-6-8-13(29)14(11)20(31)15(12)22(33)26(17,36)23(16)34/h6-8,12,15-19,29-30,36H,9-10H2,1-5H3,(H,27,35)/t12-,15?,16?,17-,18+,19+,26+/m1/s1. The highest BCUT2D eigenvalue weighted by atomic mass is 16.3. The number of carbonyl (C=O) groups excluding carboxylic acids is 5. The van der Waals surface area contributed by atoms with Gasteiger partial charge in [0, 0.05) is 12.5 Å². The number of hydrogen-bond donors (Lipinski definition) is 4. The molecule has 4 rings (SSSR count). The van der Waals surface area contributed by atoms with Crippen LogP contribution in [-0.2, 0) is 25.6 Å². The lowest BCUT2D eigenvalue weighted by molar-refractivity contribution is -0.195. The molecular formula is C26H32N2O8. The number of aliphatic hydroxyl groups is 2. The number of nitrogens with zero attached hydrogens (tertiary/aromatic N) is 1. The van der Waals surface area contributed by atoms with E-state index in [0.29, 0.717) is 5.56 Å². The fraction of sp³-hybridized carbons (Fsp3) is 0.577. The summed E-state index contributed by atoms with van der Waals surface area (Å²) in [5, 5.41) is 36.0. The highest BCUT2D eigenvalue weighted by Gasteiger charge is 2.72. The number of hydrogen-bond acceptors (Lipinski definition) is 9. The van der Waals surface area contributed by atoms with E-state index in [4.69, 9.17) is 0 Å². The first-order valence-corrected chi connectivity index (χ1v) is 11.9. The fourth-order valence-corrected chi connectivity index (χ4v) is 5.99. The summed E-state index contributed by atoms with van der Waals surface area (Å²) < 4.78 is 0. The van der Waals surface area contributed by atoms with Crippen molar-refractivity contribution in [3.05, 3.63) is 29.3 Å². The van der Waals surface area contributed by atoms with Gasteiger partial charge in [0.2, 0.25) is 5.91 Å². The largest absolute Gasteiger partial charge is 0.507 e. The number of ketones is 4. The molecule has 0 aliphatic heterocycles. The Bertz CT molecular complexity index is 1170. The zero-order valence-electron chi connectivity index (χ0n) is 20.9. The predicted molar refractivity (Wildman–Crippen MR) is 126 cm³/mol. The Morgan fingerprint density at radius 1 is 1.14 bits per heavy atom. The number of rotatable bonds is 3. The third kappa shape index (κ3) is 3.70. The zero-order valence-corrected chi connectivity index (χ0v) is 20.9. The molecule has 0 heterocycles. The molecule has 0 saturated heterocycles. The molecule has 4 N–H and O–H groups in total. The molecule has 194 valence electrons. The summed E-state index contributed by atoms with van der Waals surface area (Å²) in [6, 6.07) is 3.09. The molecule has 2 unspecified atom stereocenters. The van der Waals surface area contributed by atoms with Crippen LogP contribution in [0.5, 0.6) is 5.75 Å². The molecule has 1 aromatic carbocycles. The first kappa shape index (κ1) is 26.1. The van der Waals surface area contributed by atoms with Gasteiger partial charge in [0.05, 0.1) is 29.5 Å². The van der Waals surface area contributed by atoms with Gasteiger partial charge in [0.15, 0.2) is 34.7 Å². The third-order valence-electron chi connectivity index (χ3n) is 7.65. The first-order chi connectivity index (χ1) is 16.6. The molecule has 2 fully saturated rings. The quantitative estimate of drug-likeness (QED) is 0.402. The molecule has 36 heavy (non-hydrogen) atoms. The Kier molecular flexibility index (Phi) is 6.22. The molecule has 7 atom stereocenters. The number of aliphatic hydroxyl groups excluding tert-OH is 1. The number of phenols is 1. The van der Waals surface area contributed by atoms with E-state index < -0.39 is 70.5 Å². The molecule has 3 aliphatic carbocycles. The van der Waals surface area contributed by atoms with Crippen molar-refractivity contribution in [2.45, 2.75) is 44.9 Å². The maximum absolute atomic E-state index is 13.8. The number of Topliss-reactive ketones (excluding diaryl/α,β-unsaturated/α-hetero) is 4. The lowest BCUT2D eigenvalue weighted by Crippen LogP contribution is -2.77. The summed E-state index contributed by atoms with van der Waals surface area (Å²) in [5.74, 6) is -11.6. The Hall–Kier alpha value is -2.95. The summed E-state index contributed by atoms with van der Waals surface area (Å²) in [6.07, 6.45) is -1.56. The van der Waals surface area contributed by atoms with E-state index in [1.165, 1.54) is 31.1 Å². The number of amides is 1. The number of nitrogens with one attached hydrogen (secondary N) is 1. The second kappa shape index (κ2) is 8.57. The van der Waals surface area contributed by atoms with Crippen LogP contribution in [-0.4, -0.2) is 87.6 Å². The molecule has 2 saturated carbocycles. The number of phenolic OH excluding ortho intramolecular Hbond substituents is 1. The monoisotopic (exact) mass is 500 g/mol. The summed E-state index contributed by atoms with van der Waals surface area (Å²) in [4.78, 5) is 68.8. The minimum Gasteiger partial charge on any atom is -0.507 e. The summed E-state index contributed by atoms with van der Waals surface area (Å²) in [5.41, 5.74) is -2.98. The Labute approximate surface area is 208 Å². The van der Waals surface area contributed by atoms with Gasteiger partial charge >= 0.3 is 0 Å². The van der Waals surface area contributed by atoms with Gasteiger partial charge in [-0.05, 0) is 37.6 Å². The van der Waals surface area contributed by atoms with E-state index in [-0.39, 0.29) is 29.7 Å². The zero-order chi connectivity index (χ0) is 26.9. The van der Waals surface area contributed by atoms with Crippen molar-refractivity contribution in [3.63, 3.8) is 0 Å². The predicted octanol–water partition coefficient (Wildman–Crippen LogP) is -0.485. The van der Waals surface area contributed by atoms with Crippen molar-refractivity contribution < 1.29 is 39.3 Å². The van der Waals surface area contributed by atoms with Gasteiger partial charge in [0.1, 0.15) is 5.75 Å². The van der Waals surface area contributed by atoms with Crippen molar-refractivity contribution in [2.75, 3.05) is 20.6 Å². The number of benzene rings is 1. The van der Waals surface area contributed by atoms with Gasteiger partial charge < -0.3 is 20.6 Å². The van der Waals surface area contributed by atoms with Crippen LogP contribution in [0.1, 0.15) is 36.7 Å². The average molecular weight is 501 g/mol. The van der Waals surface area contributed by atoms with Crippen LogP contribution in [0.3, 0.4) is 0 Å². The normalized spacial score (nSPS) is 34.2. The van der Waals surface area contributed by atoms with Crippen molar-refractivity contribution in [2.24, 2.45) is 29.1 Å². The average Bonchev–Trinajstić information content (AvgIpc) is 2.77. The van der Waals surface area contributed by atoms with E-state index in [0.717, 1.165) is 0 Å². The molecule has 10 nitrogen and oxygen atoms in total. The molecule has 1 aromatic rings. The van der Waals surface area contributed by atoms with Crippen molar-refractivity contribution >= 4 is 29.0 Å². The molecule has 3 aliphatic rings. The van der Waals surface area contributed by atoms with E-state index in [1.807, 2.05) is 20.8 Å². The number of carbonyl (C=O) groups is 5. The van der Waals surface area contributed by atoms with E-state index in [2.05, 4.69) is 5.32 Å². The summed E-state index contributed by atoms with van der Waals surface area (Å²) in [7, 11) is 2.98. The number of likely N-dealkylation sites (N-methyl/N-ethyl adjacent to an activating group) is 1. The van der Waals surface area contributed by atoms with Gasteiger partial charge in [-0.3, -0.25) is 28.9 Å². The van der Waals surface area contributed by atoms with Gasteiger partial charge in [-0.1, -0.05) is 32.9 Å². The van der Waals surface area contributed by atoms with E-state index in [1.54, 1.807) is 6.07 Å². The molecule has 0 radical (unpaired) electrons. The number of fused-ring (bicyclic) bond motifs is 3. The van der Waals surface area contributed by atoms with Crippen LogP contribution in [0.4, 0.5) is 0 Å². The highest BCUT2D eigenvalue weighted by molar-refractivity contribution is 6.32. The Morgan fingerprint density at radius 2 is 1.78 bits per heavy atom. The Balaban J connectivity index is 1.82. The second-order valence-electron chi connectivity index (χ2n) is 11.6. The van der Waals surface area contributed by atoms with Gasteiger partial charge in [-0.2, -0.15) is 0 Å². The maximum Gasteiger partial charge on any atom is 0.238 e. The minimum absolute atomic E-state index is 0.0254.